The van der Waals surface area contributed by atoms with Crippen molar-refractivity contribution in [3.63, 3.8) is 0 Å². The van der Waals surface area contributed by atoms with Gasteiger partial charge < -0.3 is 21.5 Å². The SMILES string of the molecule is CCNC(=O)c1ccc(N)cc1NCC1(O)CCCC1. The Hall–Kier alpha value is -1.75. The van der Waals surface area contributed by atoms with E-state index in [4.69, 9.17) is 5.73 Å². The van der Waals surface area contributed by atoms with Gasteiger partial charge in [0, 0.05) is 24.5 Å². The molecule has 5 heteroatoms. The molecule has 0 bridgehead atoms. The molecular formula is C15H23N3O2. The largest absolute Gasteiger partial charge is 0.399 e. The van der Waals surface area contributed by atoms with Gasteiger partial charge in [0.25, 0.3) is 5.91 Å². The molecule has 1 saturated carbocycles. The topological polar surface area (TPSA) is 87.4 Å². The molecule has 110 valence electrons. The van der Waals surface area contributed by atoms with Crippen LogP contribution < -0.4 is 16.4 Å². The first-order chi connectivity index (χ1) is 9.54. The fraction of sp³-hybridized carbons (Fsp3) is 0.533. The van der Waals surface area contributed by atoms with Crippen molar-refractivity contribution in [1.82, 2.24) is 5.32 Å². The van der Waals surface area contributed by atoms with Crippen molar-refractivity contribution >= 4 is 17.3 Å². The summed E-state index contributed by atoms with van der Waals surface area (Å²) in [5, 5.41) is 16.3. The number of carbonyl (C=O) groups excluding carboxylic acids is 1. The average molecular weight is 277 g/mol. The summed E-state index contributed by atoms with van der Waals surface area (Å²) in [6, 6.07) is 5.16. The number of hydrogen-bond donors (Lipinski definition) is 4. The van der Waals surface area contributed by atoms with Crippen LogP contribution in [0.15, 0.2) is 18.2 Å². The Morgan fingerprint density at radius 2 is 2.10 bits per heavy atom. The third-order valence-corrected chi connectivity index (χ3v) is 3.77. The van der Waals surface area contributed by atoms with E-state index in [0.29, 0.717) is 30.0 Å². The summed E-state index contributed by atoms with van der Waals surface area (Å²) in [5.41, 5.74) is 6.95. The van der Waals surface area contributed by atoms with Gasteiger partial charge in [-0.25, -0.2) is 0 Å². The fourth-order valence-corrected chi connectivity index (χ4v) is 2.63. The van der Waals surface area contributed by atoms with Crippen molar-refractivity contribution in [2.75, 3.05) is 24.1 Å². The molecule has 0 radical (unpaired) electrons. The lowest BCUT2D eigenvalue weighted by atomic mass is 10.0. The van der Waals surface area contributed by atoms with Gasteiger partial charge in [0.05, 0.1) is 11.2 Å². The minimum absolute atomic E-state index is 0.131. The van der Waals surface area contributed by atoms with Crippen LogP contribution in [-0.4, -0.2) is 29.7 Å². The number of anilines is 2. The number of carbonyl (C=O) groups is 1. The average Bonchev–Trinajstić information content (AvgIpc) is 2.84. The summed E-state index contributed by atoms with van der Waals surface area (Å²) in [6.07, 6.45) is 3.72. The summed E-state index contributed by atoms with van der Waals surface area (Å²) in [7, 11) is 0. The minimum Gasteiger partial charge on any atom is -0.399 e. The highest BCUT2D eigenvalue weighted by Crippen LogP contribution is 2.30. The molecule has 0 spiro atoms. The Morgan fingerprint density at radius 1 is 1.40 bits per heavy atom. The summed E-state index contributed by atoms with van der Waals surface area (Å²) >= 11 is 0. The zero-order valence-corrected chi connectivity index (χ0v) is 11.9. The Balaban J connectivity index is 2.12. The molecule has 0 unspecified atom stereocenters. The molecule has 1 aromatic rings. The highest BCUT2D eigenvalue weighted by molar-refractivity contribution is 6.00. The number of benzene rings is 1. The Kier molecular flexibility index (Phi) is 4.49. The predicted molar refractivity (Wildman–Crippen MR) is 80.8 cm³/mol. The van der Waals surface area contributed by atoms with Gasteiger partial charge in [-0.15, -0.1) is 0 Å². The number of nitrogen functional groups attached to an aromatic ring is 1. The summed E-state index contributed by atoms with van der Waals surface area (Å²) in [6.45, 7) is 2.90. The van der Waals surface area contributed by atoms with Crippen molar-refractivity contribution in [3.05, 3.63) is 23.8 Å². The quantitative estimate of drug-likeness (QED) is 0.617. The monoisotopic (exact) mass is 277 g/mol. The van der Waals surface area contributed by atoms with Crippen LogP contribution in [0.5, 0.6) is 0 Å². The van der Waals surface area contributed by atoms with Gasteiger partial charge >= 0.3 is 0 Å². The standard InChI is InChI=1S/C15H23N3O2/c1-2-17-14(19)12-6-5-11(16)9-13(12)18-10-15(20)7-3-4-8-15/h5-6,9,18,20H,2-4,7-8,10,16H2,1H3,(H,17,19). The molecule has 2 rings (SSSR count). The normalized spacial score (nSPS) is 16.9. The van der Waals surface area contributed by atoms with Crippen LogP contribution in [0.3, 0.4) is 0 Å². The van der Waals surface area contributed by atoms with Gasteiger partial charge in [-0.1, -0.05) is 12.8 Å². The van der Waals surface area contributed by atoms with Crippen molar-refractivity contribution in [2.45, 2.75) is 38.2 Å². The van der Waals surface area contributed by atoms with Crippen molar-refractivity contribution in [1.29, 1.82) is 0 Å². The summed E-state index contributed by atoms with van der Waals surface area (Å²) in [4.78, 5) is 12.0. The molecular weight excluding hydrogens is 254 g/mol. The van der Waals surface area contributed by atoms with Gasteiger partial charge in [0.15, 0.2) is 0 Å². The van der Waals surface area contributed by atoms with E-state index in [9.17, 15) is 9.90 Å². The zero-order valence-electron chi connectivity index (χ0n) is 11.9. The van der Waals surface area contributed by atoms with Crippen LogP contribution >= 0.6 is 0 Å². The van der Waals surface area contributed by atoms with Crippen molar-refractivity contribution in [2.24, 2.45) is 0 Å². The Labute approximate surface area is 119 Å². The minimum atomic E-state index is -0.664. The van der Waals surface area contributed by atoms with Gasteiger partial charge in [0.2, 0.25) is 0 Å². The number of nitrogens with two attached hydrogens (primary N) is 1. The van der Waals surface area contributed by atoms with Crippen LogP contribution in [0.25, 0.3) is 0 Å². The molecule has 0 aliphatic heterocycles. The van der Waals surface area contributed by atoms with E-state index in [1.807, 2.05) is 6.92 Å². The third kappa shape index (κ3) is 3.42. The Morgan fingerprint density at radius 3 is 2.75 bits per heavy atom. The lowest BCUT2D eigenvalue weighted by Crippen LogP contribution is -2.34. The fourth-order valence-electron chi connectivity index (χ4n) is 2.63. The number of amides is 1. The van der Waals surface area contributed by atoms with E-state index in [1.165, 1.54) is 0 Å². The maximum atomic E-state index is 12.0. The number of nitrogens with one attached hydrogen (secondary N) is 2. The highest BCUT2D eigenvalue weighted by Gasteiger charge is 2.31. The smallest absolute Gasteiger partial charge is 0.253 e. The Bertz CT molecular complexity index is 482. The van der Waals surface area contributed by atoms with Crippen LogP contribution in [-0.2, 0) is 0 Å². The third-order valence-electron chi connectivity index (χ3n) is 3.77. The molecule has 1 fully saturated rings. The molecule has 0 atom stereocenters. The molecule has 1 aliphatic carbocycles. The first-order valence-electron chi connectivity index (χ1n) is 7.18. The summed E-state index contributed by atoms with van der Waals surface area (Å²) < 4.78 is 0. The molecule has 1 amide bonds. The highest BCUT2D eigenvalue weighted by atomic mass is 16.3. The van der Waals surface area contributed by atoms with Crippen molar-refractivity contribution < 1.29 is 9.90 Å². The molecule has 0 saturated heterocycles. The first kappa shape index (κ1) is 14.7. The summed E-state index contributed by atoms with van der Waals surface area (Å²) in [5.74, 6) is -0.131. The van der Waals surface area contributed by atoms with E-state index >= 15 is 0 Å². The maximum absolute atomic E-state index is 12.0. The second-order valence-corrected chi connectivity index (χ2v) is 5.45. The maximum Gasteiger partial charge on any atom is 0.253 e. The molecule has 0 heterocycles. The van der Waals surface area contributed by atoms with E-state index in [1.54, 1.807) is 18.2 Å². The molecule has 0 aromatic heterocycles. The van der Waals surface area contributed by atoms with Crippen LogP contribution in [0.2, 0.25) is 0 Å². The second-order valence-electron chi connectivity index (χ2n) is 5.45. The lowest BCUT2D eigenvalue weighted by molar-refractivity contribution is 0.0614. The molecule has 5 nitrogen and oxygen atoms in total. The molecule has 1 aromatic carbocycles. The number of aliphatic hydroxyl groups is 1. The van der Waals surface area contributed by atoms with Crippen LogP contribution in [0, 0.1) is 0 Å². The van der Waals surface area contributed by atoms with Gasteiger partial charge in [0.1, 0.15) is 0 Å². The lowest BCUT2D eigenvalue weighted by Gasteiger charge is -2.24. The zero-order chi connectivity index (χ0) is 14.6. The predicted octanol–water partition coefficient (Wildman–Crippen LogP) is 1.74. The molecule has 1 aliphatic rings. The first-order valence-corrected chi connectivity index (χ1v) is 7.18. The second kappa shape index (κ2) is 6.13. The number of hydrogen-bond acceptors (Lipinski definition) is 4. The van der Waals surface area contributed by atoms with Crippen molar-refractivity contribution in [3.8, 4) is 0 Å². The van der Waals surface area contributed by atoms with Crippen LogP contribution in [0.1, 0.15) is 43.0 Å². The van der Waals surface area contributed by atoms with E-state index in [0.717, 1.165) is 25.7 Å². The van der Waals surface area contributed by atoms with Gasteiger partial charge in [-0.05, 0) is 38.0 Å². The number of rotatable bonds is 5. The van der Waals surface area contributed by atoms with E-state index in [2.05, 4.69) is 10.6 Å². The van der Waals surface area contributed by atoms with E-state index in [-0.39, 0.29) is 5.91 Å². The van der Waals surface area contributed by atoms with Gasteiger partial charge in [-0.3, -0.25) is 4.79 Å². The van der Waals surface area contributed by atoms with Crippen LogP contribution in [0.4, 0.5) is 11.4 Å². The molecule has 5 N–H and O–H groups in total. The molecule has 20 heavy (non-hydrogen) atoms. The van der Waals surface area contributed by atoms with E-state index < -0.39 is 5.60 Å². The van der Waals surface area contributed by atoms with Gasteiger partial charge in [-0.2, -0.15) is 0 Å².